The van der Waals surface area contributed by atoms with Gasteiger partial charge in [-0.05, 0) is 37.5 Å². The molecule has 1 aliphatic carbocycles. The van der Waals surface area contributed by atoms with Crippen molar-refractivity contribution in [1.29, 1.82) is 0 Å². The molecule has 0 spiro atoms. The maximum atomic E-state index is 12.3. The third kappa shape index (κ3) is 2.75. The Morgan fingerprint density at radius 2 is 1.96 bits per heavy atom. The number of amides is 2. The van der Waals surface area contributed by atoms with Gasteiger partial charge in [0.15, 0.2) is 11.9 Å². The van der Waals surface area contributed by atoms with Gasteiger partial charge in [0.05, 0.1) is 16.7 Å². The Balaban J connectivity index is 1.81. The number of carbonyl (C=O) groups excluding carboxylic acids is 4. The maximum absolute atomic E-state index is 12.3. The van der Waals surface area contributed by atoms with Crippen molar-refractivity contribution in [3.8, 4) is 0 Å². The summed E-state index contributed by atoms with van der Waals surface area (Å²) in [6.45, 7) is 3.64. The van der Waals surface area contributed by atoms with Gasteiger partial charge >= 0.3 is 5.97 Å². The zero-order valence-corrected chi connectivity index (χ0v) is 13.1. The summed E-state index contributed by atoms with van der Waals surface area (Å²) in [5, 5.41) is 0. The second kappa shape index (κ2) is 6.39. The molecular formula is C18H17NO5. The van der Waals surface area contributed by atoms with Crippen LogP contribution in [0.4, 0.5) is 0 Å². The Hall–Kier alpha value is -2.76. The van der Waals surface area contributed by atoms with Gasteiger partial charge in [-0.2, -0.15) is 0 Å². The van der Waals surface area contributed by atoms with E-state index < -0.39 is 23.9 Å². The molecule has 0 bridgehead atoms. The number of esters is 1. The summed E-state index contributed by atoms with van der Waals surface area (Å²) in [6.07, 6.45) is 3.37. The summed E-state index contributed by atoms with van der Waals surface area (Å²) in [6, 6.07) is 4.24. The number of imide groups is 1. The molecule has 1 saturated carbocycles. The number of fused-ring (bicyclic) bond motifs is 1. The minimum absolute atomic E-state index is 0.0702. The van der Waals surface area contributed by atoms with Crippen molar-refractivity contribution in [2.45, 2.75) is 31.8 Å². The van der Waals surface area contributed by atoms with Gasteiger partial charge in [0, 0.05) is 13.0 Å². The molecule has 6 nitrogen and oxygen atoms in total. The van der Waals surface area contributed by atoms with Gasteiger partial charge in [-0.25, -0.2) is 4.79 Å². The summed E-state index contributed by atoms with van der Waals surface area (Å²) < 4.78 is 5.27. The third-order valence-corrected chi connectivity index (χ3v) is 4.27. The van der Waals surface area contributed by atoms with Gasteiger partial charge < -0.3 is 4.74 Å². The second-order valence-corrected chi connectivity index (χ2v) is 5.88. The highest BCUT2D eigenvalue weighted by Crippen LogP contribution is 2.25. The Kier molecular flexibility index (Phi) is 4.29. The Labute approximate surface area is 139 Å². The lowest BCUT2D eigenvalue weighted by Crippen LogP contribution is -2.30. The predicted molar refractivity (Wildman–Crippen MR) is 84.7 cm³/mol. The molecule has 0 saturated heterocycles. The summed E-state index contributed by atoms with van der Waals surface area (Å²) in [5.74, 6) is -1.59. The number of benzene rings is 1. The van der Waals surface area contributed by atoms with Crippen molar-refractivity contribution in [3.05, 3.63) is 47.5 Å². The van der Waals surface area contributed by atoms with Gasteiger partial charge in [-0.3, -0.25) is 19.3 Å². The van der Waals surface area contributed by atoms with E-state index in [1.807, 2.05) is 0 Å². The van der Waals surface area contributed by atoms with Crippen molar-refractivity contribution in [3.63, 3.8) is 0 Å². The van der Waals surface area contributed by atoms with Crippen molar-refractivity contribution in [2.24, 2.45) is 0 Å². The first-order chi connectivity index (χ1) is 11.5. The highest BCUT2D eigenvalue weighted by molar-refractivity contribution is 6.22. The van der Waals surface area contributed by atoms with E-state index in [1.54, 1.807) is 0 Å². The molecule has 1 fully saturated rings. The fraction of sp³-hybridized carbons (Fsp3) is 0.333. The van der Waals surface area contributed by atoms with E-state index in [0.717, 1.165) is 17.7 Å². The highest BCUT2D eigenvalue weighted by Gasteiger charge is 2.35. The molecule has 1 aromatic carbocycles. The molecule has 1 aliphatic heterocycles. The molecule has 124 valence electrons. The molecule has 1 aromatic rings. The smallest absolute Gasteiger partial charge is 0.338 e. The SMILES string of the molecule is C=CCN1C(=O)c2ccc(C(=O)O[C@@H]3CCCCC3=O)cc2C1=O. The van der Waals surface area contributed by atoms with Crippen LogP contribution in [0.1, 0.15) is 56.8 Å². The Morgan fingerprint density at radius 3 is 2.67 bits per heavy atom. The van der Waals surface area contributed by atoms with E-state index >= 15 is 0 Å². The van der Waals surface area contributed by atoms with E-state index in [2.05, 4.69) is 6.58 Å². The molecule has 2 amide bonds. The van der Waals surface area contributed by atoms with Crippen LogP contribution >= 0.6 is 0 Å². The average molecular weight is 327 g/mol. The van der Waals surface area contributed by atoms with Crippen LogP contribution in [0, 0.1) is 0 Å². The van der Waals surface area contributed by atoms with Crippen LogP contribution in [0.25, 0.3) is 0 Å². The van der Waals surface area contributed by atoms with Gasteiger partial charge in [0.25, 0.3) is 11.8 Å². The summed E-state index contributed by atoms with van der Waals surface area (Å²) >= 11 is 0. The largest absolute Gasteiger partial charge is 0.451 e. The van der Waals surface area contributed by atoms with E-state index in [0.29, 0.717) is 12.8 Å². The van der Waals surface area contributed by atoms with Crippen LogP contribution in [0.2, 0.25) is 0 Å². The van der Waals surface area contributed by atoms with Crippen LogP contribution in [0.5, 0.6) is 0 Å². The Bertz CT molecular complexity index is 752. The van der Waals surface area contributed by atoms with Crippen molar-refractivity contribution in [2.75, 3.05) is 6.54 Å². The molecule has 24 heavy (non-hydrogen) atoms. The molecule has 0 N–H and O–H groups in total. The fourth-order valence-electron chi connectivity index (χ4n) is 2.99. The lowest BCUT2D eigenvalue weighted by molar-refractivity contribution is -0.129. The van der Waals surface area contributed by atoms with Crippen LogP contribution in [-0.2, 0) is 9.53 Å². The monoisotopic (exact) mass is 327 g/mol. The van der Waals surface area contributed by atoms with Crippen LogP contribution in [0.15, 0.2) is 30.9 Å². The number of nitrogens with zero attached hydrogens (tertiary/aromatic N) is 1. The summed E-state index contributed by atoms with van der Waals surface area (Å²) in [4.78, 5) is 49.5. The highest BCUT2D eigenvalue weighted by atomic mass is 16.5. The van der Waals surface area contributed by atoms with Crippen molar-refractivity contribution < 1.29 is 23.9 Å². The Morgan fingerprint density at radius 1 is 1.21 bits per heavy atom. The molecule has 1 atom stereocenters. The number of ether oxygens (including phenoxy) is 1. The van der Waals surface area contributed by atoms with Crippen molar-refractivity contribution in [1.82, 2.24) is 4.90 Å². The zero-order chi connectivity index (χ0) is 17.3. The number of ketones is 1. The summed E-state index contributed by atoms with van der Waals surface area (Å²) in [5.41, 5.74) is 0.590. The number of rotatable bonds is 4. The van der Waals surface area contributed by atoms with Gasteiger partial charge in [0.1, 0.15) is 0 Å². The van der Waals surface area contributed by atoms with Gasteiger partial charge in [0.2, 0.25) is 0 Å². The van der Waals surface area contributed by atoms with Gasteiger partial charge in [-0.1, -0.05) is 6.08 Å². The fourth-order valence-corrected chi connectivity index (χ4v) is 2.99. The van der Waals surface area contributed by atoms with Gasteiger partial charge in [-0.15, -0.1) is 6.58 Å². The molecule has 6 heteroatoms. The number of hydrogen-bond acceptors (Lipinski definition) is 5. The molecule has 2 aliphatic rings. The number of carbonyl (C=O) groups is 4. The molecule has 0 aromatic heterocycles. The van der Waals surface area contributed by atoms with Crippen LogP contribution < -0.4 is 0 Å². The quantitative estimate of drug-likeness (QED) is 0.481. The molecule has 3 rings (SSSR count). The first-order valence-corrected chi connectivity index (χ1v) is 7.87. The minimum Gasteiger partial charge on any atom is -0.451 e. The topological polar surface area (TPSA) is 80.8 Å². The van der Waals surface area contributed by atoms with E-state index in [1.165, 1.54) is 24.3 Å². The first-order valence-electron chi connectivity index (χ1n) is 7.87. The molecule has 0 radical (unpaired) electrons. The second-order valence-electron chi connectivity index (χ2n) is 5.88. The van der Waals surface area contributed by atoms with E-state index in [-0.39, 0.29) is 29.0 Å². The predicted octanol–water partition coefficient (Wildman–Crippen LogP) is 2.14. The zero-order valence-electron chi connectivity index (χ0n) is 13.1. The van der Waals surface area contributed by atoms with Crippen LogP contribution in [-0.4, -0.2) is 41.1 Å². The maximum Gasteiger partial charge on any atom is 0.338 e. The van der Waals surface area contributed by atoms with E-state index in [9.17, 15) is 19.2 Å². The summed E-state index contributed by atoms with van der Waals surface area (Å²) in [7, 11) is 0. The van der Waals surface area contributed by atoms with Crippen LogP contribution in [0.3, 0.4) is 0 Å². The molecular weight excluding hydrogens is 310 g/mol. The lowest BCUT2D eigenvalue weighted by Gasteiger charge is -2.20. The number of hydrogen-bond donors (Lipinski definition) is 0. The molecule has 1 heterocycles. The first kappa shape index (κ1) is 16.1. The third-order valence-electron chi connectivity index (χ3n) is 4.27. The van der Waals surface area contributed by atoms with E-state index in [4.69, 9.17) is 4.74 Å². The minimum atomic E-state index is -0.714. The lowest BCUT2D eigenvalue weighted by atomic mass is 9.96. The standard InChI is InChI=1S/C18H17NO5/c1-2-9-19-16(21)12-8-7-11(10-13(12)17(19)22)18(23)24-15-6-4-3-5-14(15)20/h2,7-8,10,15H,1,3-6,9H2/t15-/m1/s1. The normalized spacial score (nSPS) is 20.1. The molecule has 0 unspecified atom stereocenters. The average Bonchev–Trinajstić information content (AvgIpc) is 2.82. The number of Topliss-reactive ketones (excluding diaryl/α,β-unsaturated/α-hetero) is 1. The van der Waals surface area contributed by atoms with Crippen molar-refractivity contribution >= 4 is 23.6 Å².